The minimum Gasteiger partial charge on any atom is -0.410 e. The van der Waals surface area contributed by atoms with E-state index in [1.54, 1.807) is 42.1 Å². The Bertz CT molecular complexity index is 1110. The van der Waals surface area contributed by atoms with Gasteiger partial charge in [0.2, 0.25) is 5.91 Å². The van der Waals surface area contributed by atoms with E-state index < -0.39 is 12.4 Å². The highest BCUT2D eigenvalue weighted by Gasteiger charge is 2.32. The quantitative estimate of drug-likeness (QED) is 0.736. The number of nitrogens with zero attached hydrogens (tertiary/aromatic N) is 5. The molecule has 0 spiro atoms. The molecule has 1 atom stereocenters. The number of anilines is 1. The van der Waals surface area contributed by atoms with Crippen molar-refractivity contribution in [1.29, 1.82) is 0 Å². The number of hydrogen-bond donors (Lipinski definition) is 1. The van der Waals surface area contributed by atoms with Crippen molar-refractivity contribution < 1.29 is 22.7 Å². The van der Waals surface area contributed by atoms with Crippen LogP contribution < -0.4 is 5.32 Å². The molecule has 1 amide bonds. The third-order valence-electron chi connectivity index (χ3n) is 5.55. The summed E-state index contributed by atoms with van der Waals surface area (Å²) < 4.78 is 43.7. The molecule has 0 saturated carbocycles. The van der Waals surface area contributed by atoms with E-state index in [0.717, 1.165) is 13.1 Å². The summed E-state index contributed by atoms with van der Waals surface area (Å²) in [5, 5.41) is 3.27. The minimum atomic E-state index is -4.75. The lowest BCUT2D eigenvalue weighted by molar-refractivity contribution is -0.305. The van der Waals surface area contributed by atoms with E-state index in [2.05, 4.69) is 24.9 Å². The second-order valence-electron chi connectivity index (χ2n) is 8.02. The number of carbonyl (C=O) groups is 1. The molecule has 1 unspecified atom stereocenters. The Hall–Kier alpha value is -3.34. The number of allylic oxidation sites excluding steroid dienone is 5. The molecule has 1 aliphatic carbocycles. The van der Waals surface area contributed by atoms with E-state index in [0.29, 0.717) is 35.8 Å². The Balaban J connectivity index is 1.63. The molecule has 1 fully saturated rings. The summed E-state index contributed by atoms with van der Waals surface area (Å²) in [6.07, 6.45) is 6.23. The number of aromatic nitrogens is 3. The first-order valence-corrected chi connectivity index (χ1v) is 10.6. The normalized spacial score (nSPS) is 18.5. The van der Waals surface area contributed by atoms with Crippen LogP contribution >= 0.6 is 0 Å². The van der Waals surface area contributed by atoms with Gasteiger partial charge < -0.3 is 19.9 Å². The predicted molar refractivity (Wildman–Crippen MR) is 117 cm³/mol. The van der Waals surface area contributed by atoms with Crippen molar-refractivity contribution in [3.63, 3.8) is 0 Å². The third kappa shape index (κ3) is 5.36. The second-order valence-corrected chi connectivity index (χ2v) is 8.02. The van der Waals surface area contributed by atoms with Crippen molar-refractivity contribution in [2.45, 2.75) is 25.7 Å². The molecule has 8 nitrogen and oxygen atoms in total. The van der Waals surface area contributed by atoms with Crippen LogP contribution in [0.2, 0.25) is 0 Å². The number of hydrogen-bond acceptors (Lipinski definition) is 6. The lowest BCUT2D eigenvalue weighted by Crippen LogP contribution is -2.51. The first-order valence-electron chi connectivity index (χ1n) is 10.6. The van der Waals surface area contributed by atoms with Gasteiger partial charge in [-0.2, -0.15) is 0 Å². The second kappa shape index (κ2) is 9.26. The van der Waals surface area contributed by atoms with Crippen LogP contribution in [0.5, 0.6) is 0 Å². The monoisotopic (exact) mass is 462 g/mol. The van der Waals surface area contributed by atoms with Gasteiger partial charge in [-0.05, 0) is 26.1 Å². The van der Waals surface area contributed by atoms with Crippen LogP contribution in [-0.2, 0) is 9.53 Å². The molecule has 11 heteroatoms. The summed E-state index contributed by atoms with van der Waals surface area (Å²) in [7, 11) is 2.02. The van der Waals surface area contributed by atoms with Crippen LogP contribution in [0, 0.1) is 0 Å². The molecule has 1 aliphatic heterocycles. The van der Waals surface area contributed by atoms with Gasteiger partial charge in [-0.25, -0.2) is 4.98 Å². The highest BCUT2D eigenvalue weighted by atomic mass is 19.4. The number of alkyl halides is 3. The SMILES string of the molecule is CC(Nc1c(C2=CC=C(OC(F)(F)F)CC=C2)nc2cnccn12)C(=O)N1CCN(C)CC1. The van der Waals surface area contributed by atoms with Gasteiger partial charge in [-0.15, -0.1) is 13.2 Å². The molecule has 2 aliphatic rings. The number of carbonyl (C=O) groups excluding carboxylic acids is 1. The highest BCUT2D eigenvalue weighted by Crippen LogP contribution is 2.30. The maximum atomic E-state index is 13.0. The fourth-order valence-corrected chi connectivity index (χ4v) is 3.80. The maximum absolute atomic E-state index is 13.0. The molecule has 2 aromatic heterocycles. The van der Waals surface area contributed by atoms with Crippen molar-refractivity contribution >= 4 is 22.9 Å². The molecule has 0 radical (unpaired) electrons. The molecular formula is C22H25F3N6O2. The first-order chi connectivity index (χ1) is 15.7. The Morgan fingerprint density at radius 1 is 1.21 bits per heavy atom. The fourth-order valence-electron chi connectivity index (χ4n) is 3.80. The number of nitrogens with one attached hydrogen (secondary N) is 1. The van der Waals surface area contributed by atoms with Crippen molar-refractivity contribution in [3.8, 4) is 0 Å². The van der Waals surface area contributed by atoms with E-state index in [4.69, 9.17) is 0 Å². The molecular weight excluding hydrogens is 437 g/mol. The Labute approximate surface area is 189 Å². The zero-order chi connectivity index (χ0) is 23.6. The lowest BCUT2D eigenvalue weighted by Gasteiger charge is -2.34. The van der Waals surface area contributed by atoms with Gasteiger partial charge in [-0.3, -0.25) is 14.2 Å². The van der Waals surface area contributed by atoms with Crippen molar-refractivity contribution in [2.75, 3.05) is 38.5 Å². The summed E-state index contributed by atoms with van der Waals surface area (Å²) in [6.45, 7) is 4.74. The summed E-state index contributed by atoms with van der Waals surface area (Å²) in [6, 6.07) is -0.532. The van der Waals surface area contributed by atoms with Crippen LogP contribution in [0.1, 0.15) is 19.0 Å². The van der Waals surface area contributed by atoms with Crippen LogP contribution in [0.25, 0.3) is 11.2 Å². The summed E-state index contributed by atoms with van der Waals surface area (Å²) in [4.78, 5) is 25.7. The van der Waals surface area contributed by atoms with Crippen LogP contribution in [0.15, 0.2) is 48.7 Å². The largest absolute Gasteiger partial charge is 0.572 e. The number of rotatable bonds is 5. The molecule has 0 bridgehead atoms. The Morgan fingerprint density at radius 3 is 2.70 bits per heavy atom. The van der Waals surface area contributed by atoms with E-state index in [-0.39, 0.29) is 18.1 Å². The van der Waals surface area contributed by atoms with Crippen LogP contribution in [-0.4, -0.2) is 75.7 Å². The maximum Gasteiger partial charge on any atom is 0.572 e. The summed E-state index contributed by atoms with van der Waals surface area (Å²) in [5.41, 5.74) is 1.63. The van der Waals surface area contributed by atoms with E-state index in [9.17, 15) is 18.0 Å². The van der Waals surface area contributed by atoms with Gasteiger partial charge in [0.25, 0.3) is 0 Å². The summed E-state index contributed by atoms with van der Waals surface area (Å²) >= 11 is 0. The smallest absolute Gasteiger partial charge is 0.410 e. The Morgan fingerprint density at radius 2 is 1.97 bits per heavy atom. The number of piperazine rings is 1. The zero-order valence-electron chi connectivity index (χ0n) is 18.3. The molecule has 1 saturated heterocycles. The molecule has 1 N–H and O–H groups in total. The average Bonchev–Trinajstić information content (AvgIpc) is 2.97. The zero-order valence-corrected chi connectivity index (χ0v) is 18.3. The third-order valence-corrected chi connectivity index (χ3v) is 5.55. The van der Waals surface area contributed by atoms with Gasteiger partial charge >= 0.3 is 6.36 Å². The van der Waals surface area contributed by atoms with E-state index >= 15 is 0 Å². The topological polar surface area (TPSA) is 75.0 Å². The molecule has 3 heterocycles. The molecule has 0 aromatic carbocycles. The minimum absolute atomic E-state index is 0.00447. The van der Waals surface area contributed by atoms with Crippen LogP contribution in [0.4, 0.5) is 19.0 Å². The average molecular weight is 462 g/mol. The van der Waals surface area contributed by atoms with Gasteiger partial charge in [0.05, 0.1) is 6.20 Å². The van der Waals surface area contributed by atoms with Crippen LogP contribution in [0.3, 0.4) is 0 Å². The van der Waals surface area contributed by atoms with Crippen molar-refractivity contribution in [3.05, 3.63) is 54.3 Å². The Kier molecular flexibility index (Phi) is 6.41. The molecule has 176 valence electrons. The number of imidazole rings is 1. The number of likely N-dealkylation sites (N-methyl/N-ethyl adjacent to an activating group) is 1. The summed E-state index contributed by atoms with van der Waals surface area (Å²) in [5.74, 6) is 0.323. The first kappa shape index (κ1) is 22.8. The number of fused-ring (bicyclic) bond motifs is 1. The van der Waals surface area contributed by atoms with Gasteiger partial charge in [0, 0.05) is 50.6 Å². The number of halogens is 3. The lowest BCUT2D eigenvalue weighted by atomic mass is 10.1. The van der Waals surface area contributed by atoms with E-state index in [1.807, 2.05) is 11.9 Å². The molecule has 4 rings (SSSR count). The molecule has 33 heavy (non-hydrogen) atoms. The van der Waals surface area contributed by atoms with Crippen molar-refractivity contribution in [2.24, 2.45) is 0 Å². The molecule has 2 aromatic rings. The van der Waals surface area contributed by atoms with Gasteiger partial charge in [0.15, 0.2) is 5.65 Å². The fraction of sp³-hybridized carbons (Fsp3) is 0.409. The van der Waals surface area contributed by atoms with Gasteiger partial charge in [0.1, 0.15) is 23.3 Å². The highest BCUT2D eigenvalue weighted by molar-refractivity contribution is 5.87. The van der Waals surface area contributed by atoms with Gasteiger partial charge in [-0.1, -0.05) is 12.2 Å². The number of amides is 1. The van der Waals surface area contributed by atoms with E-state index in [1.165, 1.54) is 12.2 Å². The predicted octanol–water partition coefficient (Wildman–Crippen LogP) is 3.07. The number of ether oxygens (including phenoxy) is 1. The van der Waals surface area contributed by atoms with Crippen molar-refractivity contribution in [1.82, 2.24) is 24.2 Å². The standard InChI is InChI=1S/C22H25F3N6O2/c1-15(21(32)30-12-10-29(2)11-13-30)27-20-19(28-18-14-26-8-9-31(18)20)16-4-3-5-17(7-6-16)33-22(23,24)25/h3-4,6-9,14-15,27H,5,10-13H2,1-2H3.